The third kappa shape index (κ3) is 3.52. The van der Waals surface area contributed by atoms with Gasteiger partial charge in [0.25, 0.3) is 0 Å². The van der Waals surface area contributed by atoms with Crippen molar-refractivity contribution in [2.75, 3.05) is 26.3 Å². The van der Waals surface area contributed by atoms with Crippen LogP contribution in [0.1, 0.15) is 72.1 Å². The van der Waals surface area contributed by atoms with Crippen LogP contribution in [0, 0.1) is 5.41 Å². The first kappa shape index (κ1) is 15.3. The van der Waals surface area contributed by atoms with Gasteiger partial charge in [0.1, 0.15) is 0 Å². The van der Waals surface area contributed by atoms with Crippen LogP contribution in [0.25, 0.3) is 0 Å². The summed E-state index contributed by atoms with van der Waals surface area (Å²) in [5.74, 6) is 0. The van der Waals surface area contributed by atoms with Gasteiger partial charge in [-0.25, -0.2) is 0 Å². The molecule has 2 heteroatoms. The molecule has 2 heterocycles. The highest BCUT2D eigenvalue weighted by Gasteiger charge is 2.53. The molecule has 0 bridgehead atoms. The first-order valence-corrected chi connectivity index (χ1v) is 8.47. The van der Waals surface area contributed by atoms with Gasteiger partial charge in [-0.3, -0.25) is 4.90 Å². The summed E-state index contributed by atoms with van der Waals surface area (Å²) in [5.41, 5.74) is 1.03. The van der Waals surface area contributed by atoms with Gasteiger partial charge in [-0.2, -0.15) is 0 Å². The molecule has 112 valence electrons. The first-order valence-electron chi connectivity index (χ1n) is 8.47. The van der Waals surface area contributed by atoms with E-state index >= 15 is 0 Å². The van der Waals surface area contributed by atoms with Crippen LogP contribution in [0.2, 0.25) is 0 Å². The van der Waals surface area contributed by atoms with Crippen molar-refractivity contribution in [2.24, 2.45) is 5.41 Å². The van der Waals surface area contributed by atoms with Crippen LogP contribution in [0.5, 0.6) is 0 Å². The van der Waals surface area contributed by atoms with E-state index in [-0.39, 0.29) is 0 Å². The molecule has 2 rings (SSSR count). The van der Waals surface area contributed by atoms with Crippen molar-refractivity contribution >= 4 is 0 Å². The molecular weight excluding hydrogens is 234 g/mol. The fourth-order valence-electron chi connectivity index (χ4n) is 3.65. The van der Waals surface area contributed by atoms with Gasteiger partial charge in [0.05, 0.1) is 13.2 Å². The molecule has 2 fully saturated rings. The molecule has 2 nitrogen and oxygen atoms in total. The fourth-order valence-corrected chi connectivity index (χ4v) is 3.65. The lowest BCUT2D eigenvalue weighted by Gasteiger charge is -2.61. The maximum atomic E-state index is 5.41. The average Bonchev–Trinajstić information content (AvgIpc) is 2.29. The molecule has 0 aromatic heterocycles. The maximum absolute atomic E-state index is 5.41. The lowest BCUT2D eigenvalue weighted by Crippen LogP contribution is -2.71. The molecule has 0 saturated carbocycles. The molecular formula is C17H33NO. The van der Waals surface area contributed by atoms with Crippen LogP contribution in [-0.2, 0) is 4.74 Å². The molecule has 0 aromatic carbocycles. The minimum absolute atomic E-state index is 0.463. The highest BCUT2D eigenvalue weighted by molar-refractivity contribution is 5.05. The summed E-state index contributed by atoms with van der Waals surface area (Å²) in [6.07, 6.45) is 11.1. The molecule has 1 atom stereocenters. The zero-order valence-electron chi connectivity index (χ0n) is 13.3. The second-order valence-electron chi connectivity index (χ2n) is 7.26. The predicted molar refractivity (Wildman–Crippen MR) is 81.5 cm³/mol. The van der Waals surface area contributed by atoms with Gasteiger partial charge < -0.3 is 4.74 Å². The molecule has 0 aliphatic carbocycles. The molecule has 0 radical (unpaired) electrons. The zero-order chi connectivity index (χ0) is 13.8. The second kappa shape index (κ2) is 6.58. The lowest BCUT2D eigenvalue weighted by atomic mass is 9.73. The lowest BCUT2D eigenvalue weighted by molar-refractivity contribution is -0.213. The summed E-state index contributed by atoms with van der Waals surface area (Å²) in [5, 5.41) is 0. The smallest absolute Gasteiger partial charge is 0.0569 e. The number of unbranched alkanes of at least 4 members (excludes halogenated alkanes) is 4. The number of hydrogen-bond acceptors (Lipinski definition) is 2. The fraction of sp³-hybridized carbons (Fsp3) is 1.00. The first-order chi connectivity index (χ1) is 9.14. The van der Waals surface area contributed by atoms with Gasteiger partial charge in [0, 0.05) is 24.0 Å². The van der Waals surface area contributed by atoms with Crippen LogP contribution in [0.15, 0.2) is 0 Å². The molecule has 0 amide bonds. The van der Waals surface area contributed by atoms with Crippen molar-refractivity contribution in [3.05, 3.63) is 0 Å². The minimum atomic E-state index is 0.463. The highest BCUT2D eigenvalue weighted by Crippen LogP contribution is 2.44. The SMILES string of the molecule is CCCCCCC(C)(CCCC)N1CC2(COC2)C1. The van der Waals surface area contributed by atoms with E-state index in [0.717, 1.165) is 13.2 Å². The number of nitrogens with zero attached hydrogens (tertiary/aromatic N) is 1. The van der Waals surface area contributed by atoms with Gasteiger partial charge in [-0.15, -0.1) is 0 Å². The molecule has 2 aliphatic heterocycles. The van der Waals surface area contributed by atoms with Gasteiger partial charge >= 0.3 is 0 Å². The predicted octanol–water partition coefficient (Wildman–Crippen LogP) is 4.24. The van der Waals surface area contributed by atoms with Crippen molar-refractivity contribution in [1.82, 2.24) is 4.90 Å². The Balaban J connectivity index is 1.79. The van der Waals surface area contributed by atoms with Crippen LogP contribution in [0.3, 0.4) is 0 Å². The van der Waals surface area contributed by atoms with E-state index in [4.69, 9.17) is 4.74 Å². The number of rotatable bonds is 9. The molecule has 1 unspecified atom stereocenters. The van der Waals surface area contributed by atoms with E-state index in [1.807, 2.05) is 0 Å². The Morgan fingerprint density at radius 2 is 1.58 bits per heavy atom. The van der Waals surface area contributed by atoms with Gasteiger partial charge in [-0.1, -0.05) is 52.4 Å². The second-order valence-corrected chi connectivity index (χ2v) is 7.26. The van der Waals surface area contributed by atoms with E-state index in [2.05, 4.69) is 25.7 Å². The van der Waals surface area contributed by atoms with Crippen LogP contribution >= 0.6 is 0 Å². The third-order valence-electron chi connectivity index (χ3n) is 5.27. The highest BCUT2D eigenvalue weighted by atomic mass is 16.5. The number of hydrogen-bond donors (Lipinski definition) is 0. The molecule has 0 N–H and O–H groups in total. The zero-order valence-corrected chi connectivity index (χ0v) is 13.3. The third-order valence-corrected chi connectivity index (χ3v) is 5.27. The topological polar surface area (TPSA) is 12.5 Å². The quantitative estimate of drug-likeness (QED) is 0.579. The largest absolute Gasteiger partial charge is 0.380 e. The molecule has 0 aromatic rings. The Labute approximate surface area is 119 Å². The van der Waals surface area contributed by atoms with Gasteiger partial charge in [0.2, 0.25) is 0 Å². The van der Waals surface area contributed by atoms with E-state index < -0.39 is 0 Å². The monoisotopic (exact) mass is 267 g/mol. The van der Waals surface area contributed by atoms with E-state index in [0.29, 0.717) is 11.0 Å². The Morgan fingerprint density at radius 3 is 2.11 bits per heavy atom. The summed E-state index contributed by atoms with van der Waals surface area (Å²) in [7, 11) is 0. The number of likely N-dealkylation sites (tertiary alicyclic amines) is 1. The van der Waals surface area contributed by atoms with Crippen LogP contribution in [-0.4, -0.2) is 36.7 Å². The molecule has 1 spiro atoms. The Hall–Kier alpha value is -0.0800. The number of ether oxygens (including phenoxy) is 1. The Kier molecular flexibility index (Phi) is 5.30. The minimum Gasteiger partial charge on any atom is -0.380 e. The van der Waals surface area contributed by atoms with Gasteiger partial charge in [0.15, 0.2) is 0 Å². The van der Waals surface area contributed by atoms with Crippen molar-refractivity contribution in [3.8, 4) is 0 Å². The summed E-state index contributed by atoms with van der Waals surface area (Å²) >= 11 is 0. The summed E-state index contributed by atoms with van der Waals surface area (Å²) in [4.78, 5) is 2.76. The molecule has 19 heavy (non-hydrogen) atoms. The van der Waals surface area contributed by atoms with Crippen LogP contribution in [0.4, 0.5) is 0 Å². The summed E-state index contributed by atoms with van der Waals surface area (Å²) in [6.45, 7) is 11.7. The van der Waals surface area contributed by atoms with E-state index in [1.54, 1.807) is 0 Å². The van der Waals surface area contributed by atoms with Crippen molar-refractivity contribution < 1.29 is 4.74 Å². The van der Waals surface area contributed by atoms with Gasteiger partial charge in [-0.05, 0) is 19.8 Å². The molecule has 2 aliphatic rings. The standard InChI is InChI=1S/C17H33NO/c1-4-6-8-9-11-16(3,10-7-5-2)18-12-17(13-18)14-19-15-17/h4-15H2,1-3H3. The molecule has 2 saturated heterocycles. The maximum Gasteiger partial charge on any atom is 0.0569 e. The van der Waals surface area contributed by atoms with Crippen molar-refractivity contribution in [1.29, 1.82) is 0 Å². The Bertz CT molecular complexity index is 266. The van der Waals surface area contributed by atoms with Crippen LogP contribution < -0.4 is 0 Å². The van der Waals surface area contributed by atoms with E-state index in [9.17, 15) is 0 Å². The average molecular weight is 267 g/mol. The normalized spacial score (nSPS) is 24.8. The van der Waals surface area contributed by atoms with Crippen molar-refractivity contribution in [2.45, 2.75) is 77.7 Å². The Morgan fingerprint density at radius 1 is 0.947 bits per heavy atom. The van der Waals surface area contributed by atoms with E-state index in [1.165, 1.54) is 64.5 Å². The summed E-state index contributed by atoms with van der Waals surface area (Å²) < 4.78 is 5.41. The summed E-state index contributed by atoms with van der Waals surface area (Å²) in [6, 6.07) is 0. The van der Waals surface area contributed by atoms with Crippen molar-refractivity contribution in [3.63, 3.8) is 0 Å².